The molecule has 0 aromatic heterocycles. The highest BCUT2D eigenvalue weighted by Crippen LogP contribution is 2.30. The van der Waals surface area contributed by atoms with Gasteiger partial charge in [-0.25, -0.2) is 4.99 Å². The Balaban J connectivity index is 2.59. The molecule has 0 fully saturated rings. The number of aliphatic carboxylic acids is 1. The van der Waals surface area contributed by atoms with Gasteiger partial charge in [-0.05, 0) is 34.7 Å². The number of carboxylic acid groups (broad SMARTS) is 1. The number of para-hydroxylation sites is 1. The summed E-state index contributed by atoms with van der Waals surface area (Å²) in [5, 5.41) is 8.90. The number of fused-ring (bicyclic) bond motifs is 1. The van der Waals surface area contributed by atoms with Crippen molar-refractivity contribution >= 4 is 43.7 Å². The lowest BCUT2D eigenvalue weighted by Crippen LogP contribution is -2.31. The number of carbonyl (C=O) groups excluding carboxylic acids is 1. The third-order valence-electron chi connectivity index (χ3n) is 2.14. The molecule has 1 aromatic carbocycles. The maximum atomic E-state index is 11.8. The van der Waals surface area contributed by atoms with Crippen LogP contribution in [0.5, 0.6) is 0 Å². The smallest absolute Gasteiger partial charge is 0.321 e. The first-order valence-corrected chi connectivity index (χ1v) is 5.29. The monoisotopic (exact) mass is 315 g/mol. The van der Waals surface area contributed by atoms with E-state index in [1.807, 2.05) is 0 Å². The van der Waals surface area contributed by atoms with E-state index in [0.29, 0.717) is 15.0 Å². The van der Waals surface area contributed by atoms with Crippen LogP contribution in [0.15, 0.2) is 29.3 Å². The molecule has 0 spiro atoms. The van der Waals surface area contributed by atoms with Crippen LogP contribution < -0.4 is 0 Å². The summed E-state index contributed by atoms with van der Waals surface area (Å²) in [5.74, 6) is -2.68. The van der Waals surface area contributed by atoms with E-state index < -0.39 is 17.7 Å². The SMILES string of the molecule is O=C(O)C1C(=O)c2ccccc2N=C1I. The van der Waals surface area contributed by atoms with Crippen molar-refractivity contribution in [2.75, 3.05) is 0 Å². The summed E-state index contributed by atoms with van der Waals surface area (Å²) in [6.07, 6.45) is 0. The van der Waals surface area contributed by atoms with Crippen LogP contribution in [0.3, 0.4) is 0 Å². The Morgan fingerprint density at radius 1 is 1.40 bits per heavy atom. The van der Waals surface area contributed by atoms with Crippen LogP contribution in [0, 0.1) is 5.92 Å². The summed E-state index contributed by atoms with van der Waals surface area (Å²) in [6, 6.07) is 6.76. The van der Waals surface area contributed by atoms with Gasteiger partial charge in [0.25, 0.3) is 0 Å². The number of rotatable bonds is 1. The molecule has 2 rings (SSSR count). The Morgan fingerprint density at radius 3 is 2.73 bits per heavy atom. The fourth-order valence-electron chi connectivity index (χ4n) is 1.44. The van der Waals surface area contributed by atoms with Gasteiger partial charge >= 0.3 is 5.97 Å². The zero-order valence-electron chi connectivity index (χ0n) is 7.48. The van der Waals surface area contributed by atoms with Gasteiger partial charge in [0.05, 0.1) is 5.69 Å². The molecule has 76 valence electrons. The van der Waals surface area contributed by atoms with Crippen molar-refractivity contribution in [3.63, 3.8) is 0 Å². The Labute approximate surface area is 99.2 Å². The summed E-state index contributed by atoms with van der Waals surface area (Å²) in [4.78, 5) is 26.8. The highest BCUT2D eigenvalue weighted by atomic mass is 127. The predicted octanol–water partition coefficient (Wildman–Crippen LogP) is 2.05. The van der Waals surface area contributed by atoms with E-state index in [1.54, 1.807) is 46.9 Å². The van der Waals surface area contributed by atoms with Gasteiger partial charge in [-0.3, -0.25) is 9.59 Å². The second-order valence-corrected chi connectivity index (χ2v) is 4.19. The highest BCUT2D eigenvalue weighted by molar-refractivity contribution is 14.1. The van der Waals surface area contributed by atoms with Crippen molar-refractivity contribution in [1.29, 1.82) is 0 Å². The molecule has 0 aliphatic carbocycles. The fourth-order valence-corrected chi connectivity index (χ4v) is 2.25. The molecule has 5 heteroatoms. The number of hydrogen-bond acceptors (Lipinski definition) is 3. The zero-order chi connectivity index (χ0) is 11.0. The number of hydrogen-bond donors (Lipinski definition) is 1. The lowest BCUT2D eigenvalue weighted by atomic mass is 9.95. The molecular weight excluding hydrogens is 309 g/mol. The van der Waals surface area contributed by atoms with Crippen LogP contribution in [0.25, 0.3) is 0 Å². The van der Waals surface area contributed by atoms with E-state index in [1.165, 1.54) is 0 Å². The fraction of sp³-hybridized carbons (Fsp3) is 0.100. The Morgan fingerprint density at radius 2 is 2.07 bits per heavy atom. The van der Waals surface area contributed by atoms with E-state index >= 15 is 0 Å². The van der Waals surface area contributed by atoms with Crippen LogP contribution in [0.4, 0.5) is 5.69 Å². The Kier molecular flexibility index (Phi) is 2.56. The quantitative estimate of drug-likeness (QED) is 0.637. The van der Waals surface area contributed by atoms with Crippen molar-refractivity contribution < 1.29 is 14.7 Å². The topological polar surface area (TPSA) is 66.7 Å². The summed E-state index contributed by atoms with van der Waals surface area (Å²) in [6.45, 7) is 0. The second kappa shape index (κ2) is 3.73. The molecule has 4 nitrogen and oxygen atoms in total. The molecule has 0 saturated heterocycles. The van der Waals surface area contributed by atoms with Crippen LogP contribution in [0.1, 0.15) is 10.4 Å². The minimum atomic E-state index is -1.15. The lowest BCUT2D eigenvalue weighted by molar-refractivity contribution is -0.137. The van der Waals surface area contributed by atoms with Crippen molar-refractivity contribution in [2.24, 2.45) is 10.9 Å². The largest absolute Gasteiger partial charge is 0.480 e. The third-order valence-corrected chi connectivity index (χ3v) is 3.01. The van der Waals surface area contributed by atoms with E-state index in [2.05, 4.69) is 4.99 Å². The molecule has 1 atom stereocenters. The molecule has 15 heavy (non-hydrogen) atoms. The molecule has 0 saturated carbocycles. The number of Topliss-reactive ketones (excluding diaryl/α,β-unsaturated/α-hetero) is 1. The van der Waals surface area contributed by atoms with Gasteiger partial charge < -0.3 is 5.11 Å². The van der Waals surface area contributed by atoms with Gasteiger partial charge in [0.2, 0.25) is 0 Å². The predicted molar refractivity (Wildman–Crippen MR) is 63.0 cm³/mol. The van der Waals surface area contributed by atoms with E-state index in [9.17, 15) is 9.59 Å². The van der Waals surface area contributed by atoms with Gasteiger partial charge in [0.15, 0.2) is 11.7 Å². The van der Waals surface area contributed by atoms with E-state index in [4.69, 9.17) is 5.11 Å². The number of carboxylic acids is 1. The number of nitrogens with zero attached hydrogens (tertiary/aromatic N) is 1. The summed E-state index contributed by atoms with van der Waals surface area (Å²) in [7, 11) is 0. The maximum Gasteiger partial charge on any atom is 0.321 e. The average Bonchev–Trinajstić information content (AvgIpc) is 2.17. The minimum Gasteiger partial charge on any atom is -0.480 e. The van der Waals surface area contributed by atoms with Gasteiger partial charge in [-0.15, -0.1) is 0 Å². The third kappa shape index (κ3) is 1.67. The van der Waals surface area contributed by atoms with Gasteiger partial charge in [0.1, 0.15) is 3.72 Å². The standard InChI is InChI=1S/C10H6INO3/c11-9-7(10(14)15)8(13)5-3-1-2-4-6(5)12-9/h1-4,7H,(H,14,15). The molecule has 1 unspecified atom stereocenters. The molecule has 0 radical (unpaired) electrons. The molecule has 1 heterocycles. The summed E-state index contributed by atoms with van der Waals surface area (Å²) >= 11 is 1.79. The molecule has 0 amide bonds. The van der Waals surface area contributed by atoms with Gasteiger partial charge in [-0.2, -0.15) is 0 Å². The van der Waals surface area contributed by atoms with Gasteiger partial charge in [-0.1, -0.05) is 12.1 Å². The molecule has 0 bridgehead atoms. The van der Waals surface area contributed by atoms with Gasteiger partial charge in [0, 0.05) is 5.56 Å². The van der Waals surface area contributed by atoms with Crippen molar-refractivity contribution in [3.05, 3.63) is 29.8 Å². The van der Waals surface area contributed by atoms with Crippen molar-refractivity contribution in [3.8, 4) is 0 Å². The normalized spacial score (nSPS) is 19.4. The number of carbonyl (C=O) groups is 2. The van der Waals surface area contributed by atoms with Crippen LogP contribution in [-0.2, 0) is 4.79 Å². The minimum absolute atomic E-state index is 0.309. The average molecular weight is 315 g/mol. The number of ketones is 1. The second-order valence-electron chi connectivity index (χ2n) is 3.09. The first-order chi connectivity index (χ1) is 7.11. The molecule has 1 N–H and O–H groups in total. The molecule has 1 aliphatic heterocycles. The van der Waals surface area contributed by atoms with E-state index in [-0.39, 0.29) is 0 Å². The van der Waals surface area contributed by atoms with Crippen LogP contribution in [0.2, 0.25) is 0 Å². The first-order valence-electron chi connectivity index (χ1n) is 4.21. The summed E-state index contributed by atoms with van der Waals surface area (Å²) in [5.41, 5.74) is 0.926. The molecular formula is C10H6INO3. The highest BCUT2D eigenvalue weighted by Gasteiger charge is 2.35. The number of halogens is 1. The Bertz CT molecular complexity index is 481. The first kappa shape index (κ1) is 10.3. The van der Waals surface area contributed by atoms with Crippen LogP contribution in [-0.4, -0.2) is 20.6 Å². The summed E-state index contributed by atoms with van der Waals surface area (Å²) < 4.78 is 0.309. The lowest BCUT2D eigenvalue weighted by Gasteiger charge is -2.16. The number of benzene rings is 1. The van der Waals surface area contributed by atoms with Crippen molar-refractivity contribution in [2.45, 2.75) is 0 Å². The molecule has 1 aliphatic rings. The zero-order valence-corrected chi connectivity index (χ0v) is 9.63. The maximum absolute atomic E-state index is 11.8. The number of aliphatic imine (C=N–C) groups is 1. The molecule has 1 aromatic rings. The Hall–Kier alpha value is -1.24. The van der Waals surface area contributed by atoms with Crippen molar-refractivity contribution in [1.82, 2.24) is 0 Å². The van der Waals surface area contributed by atoms with E-state index in [0.717, 1.165) is 0 Å². The van der Waals surface area contributed by atoms with Crippen LogP contribution >= 0.6 is 22.6 Å².